The first kappa shape index (κ1) is 18.0. The Morgan fingerprint density at radius 1 is 1.27 bits per heavy atom. The van der Waals surface area contributed by atoms with E-state index in [4.69, 9.17) is 17.0 Å². The molecule has 0 amide bonds. The number of hydrogen-bond acceptors (Lipinski definition) is 6. The molecule has 0 saturated heterocycles. The van der Waals surface area contributed by atoms with Crippen LogP contribution in [0.2, 0.25) is 0 Å². The second-order valence-corrected chi connectivity index (χ2v) is 5.81. The predicted molar refractivity (Wildman–Crippen MR) is 97.6 cm³/mol. The Bertz CT molecular complexity index is 908. The third-order valence-corrected chi connectivity index (χ3v) is 3.92. The molecule has 0 bridgehead atoms. The Morgan fingerprint density at radius 2 is 2.12 bits per heavy atom. The van der Waals surface area contributed by atoms with Gasteiger partial charge in [-0.3, -0.25) is 0 Å². The molecule has 10 heteroatoms. The number of rotatable bonds is 6. The first-order valence-electron chi connectivity index (χ1n) is 7.81. The topological polar surface area (TPSA) is 81.8 Å². The Balaban J connectivity index is 1.77. The molecule has 0 aliphatic heterocycles. The second kappa shape index (κ2) is 8.02. The fourth-order valence-electron chi connectivity index (χ4n) is 2.36. The van der Waals surface area contributed by atoms with Gasteiger partial charge >= 0.3 is 0 Å². The number of aromatic nitrogens is 5. The lowest BCUT2D eigenvalue weighted by atomic mass is 10.2. The van der Waals surface area contributed by atoms with Crippen LogP contribution in [0.3, 0.4) is 0 Å². The van der Waals surface area contributed by atoms with Gasteiger partial charge in [-0.05, 0) is 31.4 Å². The molecule has 2 heterocycles. The number of imidazole rings is 1. The summed E-state index contributed by atoms with van der Waals surface area (Å²) in [6.07, 6.45) is 5.07. The maximum atomic E-state index is 14.6. The van der Waals surface area contributed by atoms with Gasteiger partial charge in [0.25, 0.3) is 5.17 Å². The molecule has 8 nitrogen and oxygen atoms in total. The van der Waals surface area contributed by atoms with Crippen LogP contribution in [-0.4, -0.2) is 43.9 Å². The Hall–Kier alpha value is -2.85. The van der Waals surface area contributed by atoms with E-state index >= 15 is 0 Å². The Morgan fingerprint density at radius 3 is 2.85 bits per heavy atom. The normalized spacial score (nSPS) is 10.7. The monoisotopic (exact) mass is 375 g/mol. The van der Waals surface area contributed by atoms with Gasteiger partial charge in [-0.1, -0.05) is 5.21 Å². The quantitative estimate of drug-likeness (QED) is 0.629. The van der Waals surface area contributed by atoms with Crippen LogP contribution in [0.4, 0.5) is 4.39 Å². The van der Waals surface area contributed by atoms with Crippen LogP contribution in [0.25, 0.3) is 11.4 Å². The van der Waals surface area contributed by atoms with E-state index in [2.05, 4.69) is 25.9 Å². The van der Waals surface area contributed by atoms with Crippen molar-refractivity contribution in [3.05, 3.63) is 54.1 Å². The second-order valence-electron chi connectivity index (χ2n) is 5.44. The molecule has 0 spiro atoms. The summed E-state index contributed by atoms with van der Waals surface area (Å²) in [7, 11) is 3.32. The number of ether oxygens (including phenoxy) is 1. The van der Waals surface area contributed by atoms with E-state index in [-0.39, 0.29) is 11.0 Å². The summed E-state index contributed by atoms with van der Waals surface area (Å²) in [6.45, 7) is 0.992. The highest BCUT2D eigenvalue weighted by molar-refractivity contribution is 7.80. The van der Waals surface area contributed by atoms with Crippen LogP contribution < -0.4 is 10.6 Å². The molecule has 26 heavy (non-hydrogen) atoms. The summed E-state index contributed by atoms with van der Waals surface area (Å²) >= 11 is 4.90. The van der Waals surface area contributed by atoms with Gasteiger partial charge in [0.05, 0.1) is 43.2 Å². The lowest BCUT2D eigenvalue weighted by molar-refractivity contribution is 0.392. The van der Waals surface area contributed by atoms with Crippen molar-refractivity contribution in [2.45, 2.75) is 13.1 Å². The lowest BCUT2D eigenvalue weighted by Gasteiger charge is -2.06. The summed E-state index contributed by atoms with van der Waals surface area (Å²) in [6, 6.07) is 4.84. The van der Waals surface area contributed by atoms with Crippen LogP contribution in [0.5, 0.6) is 0 Å². The van der Waals surface area contributed by atoms with Crippen molar-refractivity contribution in [2.75, 3.05) is 14.2 Å². The van der Waals surface area contributed by atoms with Crippen molar-refractivity contribution in [1.29, 1.82) is 0 Å². The maximum absolute atomic E-state index is 14.6. The van der Waals surface area contributed by atoms with Crippen molar-refractivity contribution in [3.8, 4) is 11.4 Å². The van der Waals surface area contributed by atoms with Gasteiger partial charge in [0.15, 0.2) is 0 Å². The highest BCUT2D eigenvalue weighted by Gasteiger charge is 2.10. The van der Waals surface area contributed by atoms with Gasteiger partial charge in [-0.2, -0.15) is 0 Å². The van der Waals surface area contributed by atoms with Crippen LogP contribution in [0, 0.1) is 5.82 Å². The minimum Gasteiger partial charge on any atom is -0.474 e. The molecule has 0 atom stereocenters. The van der Waals surface area contributed by atoms with Gasteiger partial charge in [-0.25, -0.2) is 14.1 Å². The van der Waals surface area contributed by atoms with E-state index in [0.717, 1.165) is 5.69 Å². The standard InChI is InChI=1S/C16H18FN7OS/c1-18-6-11-8-23(10-20-11)15-4-3-13(5-14(15)17)24-9-12(21-22-24)7-19-16(26)25-2/h3-5,8-10,18H,6-7H2,1-2H3,(H,19,26). The number of nitrogens with one attached hydrogen (secondary N) is 2. The van der Waals surface area contributed by atoms with E-state index < -0.39 is 0 Å². The minimum absolute atomic E-state index is 0.271. The zero-order valence-electron chi connectivity index (χ0n) is 14.3. The van der Waals surface area contributed by atoms with Gasteiger partial charge < -0.3 is 19.9 Å². The van der Waals surface area contributed by atoms with Crippen LogP contribution in [0.1, 0.15) is 11.4 Å². The molecule has 2 aromatic heterocycles. The number of hydrogen-bond donors (Lipinski definition) is 2. The lowest BCUT2D eigenvalue weighted by Crippen LogP contribution is -2.22. The molecular formula is C16H18FN7OS. The smallest absolute Gasteiger partial charge is 0.256 e. The Labute approximate surface area is 155 Å². The van der Waals surface area contributed by atoms with Crippen molar-refractivity contribution in [2.24, 2.45) is 0 Å². The summed E-state index contributed by atoms with van der Waals surface area (Å²) in [4.78, 5) is 4.23. The van der Waals surface area contributed by atoms with Gasteiger partial charge in [-0.15, -0.1) is 5.10 Å². The van der Waals surface area contributed by atoms with E-state index in [9.17, 15) is 4.39 Å². The minimum atomic E-state index is -0.383. The molecule has 3 rings (SSSR count). The fraction of sp³-hybridized carbons (Fsp3) is 0.250. The van der Waals surface area contributed by atoms with Crippen molar-refractivity contribution in [1.82, 2.24) is 35.2 Å². The average molecular weight is 375 g/mol. The maximum Gasteiger partial charge on any atom is 0.256 e. The van der Waals surface area contributed by atoms with Crippen molar-refractivity contribution in [3.63, 3.8) is 0 Å². The van der Waals surface area contributed by atoms with E-state index in [0.29, 0.717) is 30.2 Å². The zero-order chi connectivity index (χ0) is 18.5. The van der Waals surface area contributed by atoms with Crippen LogP contribution >= 0.6 is 12.2 Å². The SMILES string of the molecule is CNCc1cn(-c2ccc(-n3cc(CNC(=S)OC)nn3)cc2F)cn1. The molecule has 0 aliphatic rings. The average Bonchev–Trinajstić information content (AvgIpc) is 3.29. The number of nitrogens with zero attached hydrogens (tertiary/aromatic N) is 5. The summed E-state index contributed by atoms with van der Waals surface area (Å²) in [5, 5.41) is 14.2. The molecule has 2 N–H and O–H groups in total. The molecule has 0 unspecified atom stereocenters. The molecule has 0 fully saturated rings. The summed E-state index contributed by atoms with van der Waals surface area (Å²) in [5.41, 5.74) is 2.46. The summed E-state index contributed by atoms with van der Waals surface area (Å²) in [5.74, 6) is -0.383. The molecule has 3 aromatic rings. The molecule has 1 aromatic carbocycles. The molecule has 0 saturated carbocycles. The van der Waals surface area contributed by atoms with Crippen molar-refractivity contribution < 1.29 is 9.13 Å². The fourth-order valence-corrected chi connectivity index (χ4v) is 2.43. The zero-order valence-corrected chi connectivity index (χ0v) is 15.1. The largest absolute Gasteiger partial charge is 0.474 e. The Kier molecular flexibility index (Phi) is 5.54. The van der Waals surface area contributed by atoms with Crippen LogP contribution in [0.15, 0.2) is 36.9 Å². The first-order valence-corrected chi connectivity index (χ1v) is 8.22. The molecule has 0 aliphatic carbocycles. The summed E-state index contributed by atoms with van der Waals surface area (Å²) < 4.78 is 22.6. The highest BCUT2D eigenvalue weighted by atomic mass is 32.1. The predicted octanol–water partition coefficient (Wildman–Crippen LogP) is 1.33. The van der Waals surface area contributed by atoms with Gasteiger partial charge in [0.2, 0.25) is 0 Å². The highest BCUT2D eigenvalue weighted by Crippen LogP contribution is 2.18. The van der Waals surface area contributed by atoms with Crippen LogP contribution in [-0.2, 0) is 17.8 Å². The number of halogens is 1. The number of methoxy groups -OCH3 is 1. The third kappa shape index (κ3) is 4.03. The van der Waals surface area contributed by atoms with Gasteiger partial charge in [0, 0.05) is 18.8 Å². The molecular weight excluding hydrogens is 357 g/mol. The van der Waals surface area contributed by atoms with E-state index in [1.54, 1.807) is 35.4 Å². The number of thiocarbonyl (C=S) groups is 1. The van der Waals surface area contributed by atoms with Gasteiger partial charge in [0.1, 0.15) is 11.5 Å². The number of benzene rings is 1. The van der Waals surface area contributed by atoms with E-state index in [1.807, 2.05) is 7.05 Å². The molecule has 0 radical (unpaired) electrons. The van der Waals surface area contributed by atoms with Crippen molar-refractivity contribution >= 4 is 17.4 Å². The first-order chi connectivity index (χ1) is 12.6. The third-order valence-electron chi connectivity index (χ3n) is 3.61. The molecule has 136 valence electrons. The van der Waals surface area contributed by atoms with E-state index in [1.165, 1.54) is 17.9 Å².